The number of imidazole rings is 1. The lowest BCUT2D eigenvalue weighted by molar-refractivity contribution is -0.143. The van der Waals surface area contributed by atoms with Crippen LogP contribution < -0.4 is 75.3 Å². The van der Waals surface area contributed by atoms with E-state index in [4.69, 9.17) is 11.5 Å². The Hall–Kier alpha value is -7.15. The van der Waals surface area contributed by atoms with Gasteiger partial charge >= 0.3 is 0 Å². The summed E-state index contributed by atoms with van der Waals surface area (Å²) in [5, 5.41) is 62.1. The van der Waals surface area contributed by atoms with Crippen LogP contribution in [0.25, 0.3) is 0 Å². The molecule has 2 bridgehead atoms. The molecule has 5 rings (SSSR count). The van der Waals surface area contributed by atoms with Gasteiger partial charge in [0.15, 0.2) is 0 Å². The molecule has 20 N–H and O–H groups in total. The Kier molecular flexibility index (Phi) is 34.1. The van der Waals surface area contributed by atoms with Gasteiger partial charge in [0, 0.05) is 54.4 Å². The van der Waals surface area contributed by atoms with Crippen LogP contribution in [0.3, 0.4) is 0 Å². The Morgan fingerprint density at radius 2 is 1.08 bits per heavy atom. The summed E-state index contributed by atoms with van der Waals surface area (Å²) in [6, 6.07) is -21.3. The van der Waals surface area contributed by atoms with Crippen LogP contribution >= 0.6 is 54.9 Å². The van der Waals surface area contributed by atoms with Gasteiger partial charge in [-0.15, -0.1) is 0 Å². The Morgan fingerprint density at radius 3 is 1.60 bits per heavy atom. The molecule has 4 aliphatic heterocycles. The zero-order valence-electron chi connectivity index (χ0n) is 55.6. The minimum absolute atomic E-state index is 0.0114. The third-order valence-electron chi connectivity index (χ3n) is 16.6. The maximum Gasteiger partial charge on any atom is 0.248 e. The van der Waals surface area contributed by atoms with Crippen molar-refractivity contribution in [1.82, 2.24) is 83.6 Å². The minimum Gasteiger partial charge on any atom is -0.394 e. The number of H-pyrrole nitrogens is 1. The van der Waals surface area contributed by atoms with Crippen molar-refractivity contribution in [3.8, 4) is 0 Å². The van der Waals surface area contributed by atoms with Crippen LogP contribution in [0.1, 0.15) is 78.8 Å². The first-order valence-electron chi connectivity index (χ1n) is 32.1. The highest BCUT2D eigenvalue weighted by Crippen LogP contribution is 2.27. The number of aliphatic hydroxyl groups is 3. The van der Waals surface area contributed by atoms with Crippen molar-refractivity contribution in [2.24, 2.45) is 23.3 Å². The fraction of sp³-hybridized carbons (Fsp3) is 0.690. The Bertz CT molecular complexity index is 3040. The van der Waals surface area contributed by atoms with Gasteiger partial charge in [0.25, 0.3) is 0 Å². The smallest absolute Gasteiger partial charge is 0.248 e. The number of primary amides is 1. The van der Waals surface area contributed by atoms with E-state index in [2.05, 4.69) is 73.8 Å². The molecule has 5 heterocycles. The maximum atomic E-state index is 14.7. The molecule has 36 nitrogen and oxygen atoms in total. The van der Waals surface area contributed by atoms with Gasteiger partial charge in [0.2, 0.25) is 88.6 Å². The summed E-state index contributed by atoms with van der Waals surface area (Å²) in [5.41, 5.74) is 11.8. The van der Waals surface area contributed by atoms with Crippen LogP contribution in [0, 0.1) is 11.8 Å². The molecule has 552 valence electrons. The van der Waals surface area contributed by atoms with E-state index < -0.39 is 223 Å². The Morgan fingerprint density at radius 1 is 0.596 bits per heavy atom. The minimum atomic E-state index is -1.84. The highest BCUT2D eigenvalue weighted by Gasteiger charge is 2.44. The molecule has 15 amide bonds. The first-order valence-corrected chi connectivity index (χ1v) is 38.5. The molecule has 1 aromatic heterocycles. The fourth-order valence-electron chi connectivity index (χ4n) is 10.7. The molecule has 1 aromatic rings. The van der Waals surface area contributed by atoms with Crippen molar-refractivity contribution in [3.63, 3.8) is 0 Å². The van der Waals surface area contributed by atoms with E-state index in [9.17, 15) is 87.2 Å². The molecular weight excluding hydrogens is 1400 g/mol. The van der Waals surface area contributed by atoms with E-state index in [1.54, 1.807) is 34.0 Å². The molecule has 0 aliphatic carbocycles. The number of nitrogens with zero attached hydrogens (tertiary/aromatic N) is 3. The summed E-state index contributed by atoms with van der Waals surface area (Å²) >= 11 is 1.30. The summed E-state index contributed by atoms with van der Waals surface area (Å²) in [5.74, 6) is -16.9. The van der Waals surface area contributed by atoms with E-state index in [1.165, 1.54) is 36.1 Å². The number of aromatic nitrogens is 2. The standard InChI is InChI=1S/C58H92N18O18S5/c1-7-28(4)44-56(92)70-36(45(60)81)22-96-98-24-38-51(87)68-34(20-78)49(85)66-32(16-30-18-61-26-62-30)57(93)75-13-8-10-40(75)53(89)73-43(27(2)3)55(91)72-39(25-99-97-23-37(50(86)71-38)64-42(80)17-59)52(88)67-33(19-77)48(84)63-29(5)46(82)65-31(12-15-95-6)47(83)69-35(21-79)58(94)76-14-9-11-41(76)54(90)74-44/h18,26-29,31-41,43-44,77-79H,7-17,19-25,59H2,1-6H3,(H2,60,81)(H,61,62)(H,63,84)(H,64,80)(H,65,82)(H,66,85)(H,67,88)(H,68,87)(H,69,83)(H,70,92)(H,71,86)(H,72,91)(H,73,89)(H,74,90)/t28-,29-,31-,32-,33-,34-,35-,36-,37-,38-,39-,40-,41-,43-,44-/m0/s1. The zero-order valence-corrected chi connectivity index (χ0v) is 59.7. The number of carbonyl (C=O) groups is 15. The molecule has 4 saturated heterocycles. The summed E-state index contributed by atoms with van der Waals surface area (Å²) in [6.45, 7) is 3.96. The van der Waals surface area contributed by atoms with Crippen LogP contribution in [0.15, 0.2) is 12.5 Å². The van der Waals surface area contributed by atoms with Gasteiger partial charge in [-0.05, 0) is 62.9 Å². The maximum absolute atomic E-state index is 14.7. The van der Waals surface area contributed by atoms with Crippen molar-refractivity contribution in [2.75, 3.05) is 74.5 Å². The van der Waals surface area contributed by atoms with Crippen LogP contribution in [0.5, 0.6) is 0 Å². The van der Waals surface area contributed by atoms with E-state index in [0.29, 0.717) is 12.1 Å². The van der Waals surface area contributed by atoms with Crippen molar-refractivity contribution < 1.29 is 87.2 Å². The molecule has 0 spiro atoms. The quantitative estimate of drug-likeness (QED) is 0.0770. The monoisotopic (exact) mass is 1490 g/mol. The Balaban J connectivity index is 1.62. The number of carbonyl (C=O) groups excluding carboxylic acids is 15. The van der Waals surface area contributed by atoms with E-state index in [1.807, 2.05) is 0 Å². The number of rotatable bonds is 14. The number of aliphatic hydroxyl groups excluding tert-OH is 3. The lowest BCUT2D eigenvalue weighted by Crippen LogP contribution is -2.62. The van der Waals surface area contributed by atoms with Crippen LogP contribution in [-0.2, 0) is 78.3 Å². The molecular formula is C58H92N18O18S5. The van der Waals surface area contributed by atoms with E-state index in [0.717, 1.165) is 48.1 Å². The van der Waals surface area contributed by atoms with Gasteiger partial charge in [-0.2, -0.15) is 11.8 Å². The van der Waals surface area contributed by atoms with Crippen molar-refractivity contribution in [1.29, 1.82) is 0 Å². The van der Waals surface area contributed by atoms with Gasteiger partial charge in [-0.25, -0.2) is 4.98 Å². The number of hydrogen-bond acceptors (Lipinski definition) is 25. The van der Waals surface area contributed by atoms with E-state index in [-0.39, 0.29) is 68.9 Å². The summed E-state index contributed by atoms with van der Waals surface area (Å²) < 4.78 is 0. The van der Waals surface area contributed by atoms with Crippen LogP contribution in [0.4, 0.5) is 0 Å². The first-order chi connectivity index (χ1) is 47.1. The average molecular weight is 1490 g/mol. The van der Waals surface area contributed by atoms with Crippen LogP contribution in [0.2, 0.25) is 0 Å². The summed E-state index contributed by atoms with van der Waals surface area (Å²) in [6.07, 6.45) is 5.14. The predicted octanol–water partition coefficient (Wildman–Crippen LogP) is -7.56. The molecule has 0 saturated carbocycles. The third-order valence-corrected chi connectivity index (χ3v) is 22.1. The molecule has 0 unspecified atom stereocenters. The lowest BCUT2D eigenvalue weighted by Gasteiger charge is -2.31. The fourth-order valence-corrected chi connectivity index (χ4v) is 15.8. The molecule has 15 atom stereocenters. The SMILES string of the molecule is CC[C@H](C)[C@@H]1NC(=O)[C@@H]2CCCN2C(=O)[C@H](CO)NC(=O)[C@H](CCSC)NC(=O)[C@H](C)NC(=O)[C@H](CO)NC(=O)[C@@H]2CSSC[C@H](NC(=O)CN)C(=O)N[C@@H](CSSC[C@@H](C(N)=O)NC1=O)C(=O)N[C@@H](CO)C(=O)N[C@@H](Cc1cnc[nH]1)C(=O)N1CCC[C@H]1C(=O)N[C@@H](C(C)C)C(=O)N2. The molecule has 4 fully saturated rings. The average Bonchev–Trinajstić information content (AvgIpc) is 1.78. The molecule has 0 aromatic carbocycles. The number of amides is 15. The Labute approximate surface area is 591 Å². The molecule has 99 heavy (non-hydrogen) atoms. The first kappa shape index (κ1) is 82.5. The van der Waals surface area contributed by atoms with Crippen molar-refractivity contribution in [3.05, 3.63) is 18.2 Å². The highest BCUT2D eigenvalue weighted by atomic mass is 33.1. The van der Waals surface area contributed by atoms with Gasteiger partial charge in [0.05, 0.1) is 32.7 Å². The second kappa shape index (κ2) is 40.9. The normalized spacial score (nSPS) is 29.4. The lowest BCUT2D eigenvalue weighted by atomic mass is 9.97. The van der Waals surface area contributed by atoms with Gasteiger partial charge in [0.1, 0.15) is 84.6 Å². The molecule has 0 radical (unpaired) electrons. The summed E-state index contributed by atoms with van der Waals surface area (Å²) in [7, 11) is 3.42. The highest BCUT2D eigenvalue weighted by molar-refractivity contribution is 8.77. The number of hydrogen-bond donors (Lipinski definition) is 18. The number of fused-ring (bicyclic) bond motifs is 10. The van der Waals surface area contributed by atoms with E-state index >= 15 is 0 Å². The summed E-state index contributed by atoms with van der Waals surface area (Å²) in [4.78, 5) is 221. The van der Waals surface area contributed by atoms with Gasteiger partial charge < -0.3 is 105 Å². The molecule has 4 aliphatic rings. The predicted molar refractivity (Wildman–Crippen MR) is 367 cm³/mol. The second-order valence-corrected chi connectivity index (χ2v) is 30.3. The third kappa shape index (κ3) is 24.3. The number of thioether (sulfide) groups is 1. The number of aromatic amines is 1. The van der Waals surface area contributed by atoms with Gasteiger partial charge in [-0.1, -0.05) is 77.3 Å². The number of nitrogens with two attached hydrogens (primary N) is 2. The van der Waals surface area contributed by atoms with Crippen molar-refractivity contribution >= 4 is 144 Å². The van der Waals surface area contributed by atoms with Crippen LogP contribution in [-0.4, -0.2) is 283 Å². The second-order valence-electron chi connectivity index (χ2n) is 24.2. The van der Waals surface area contributed by atoms with Gasteiger partial charge in [-0.3, -0.25) is 71.9 Å². The number of nitrogens with one attached hydrogen (secondary N) is 13. The topological polar surface area (TPSA) is 548 Å². The largest absolute Gasteiger partial charge is 0.394 e. The molecule has 41 heteroatoms. The zero-order chi connectivity index (χ0) is 73.2. The van der Waals surface area contributed by atoms with Crippen molar-refractivity contribution in [2.45, 2.75) is 164 Å².